The standard InChI is InChI=1S/C29H35ClO5/c1-17-20-11-12-21-27-14-5-13-26(2,3)22(27)25(33)29(35-16-27,28(21,23(17)31)24(20)32)34-15-4-6-18-7-9-19(30)10-8-18/h5,7-10,14,20-22,24-25,32-33H,1,4,6,11-13,15-16H2,2-3H3/t20-,21-,22+,24+,25-,27+,28-,29+/m0/s1. The third-order valence-electron chi connectivity index (χ3n) is 10.1. The zero-order valence-electron chi connectivity index (χ0n) is 20.5. The summed E-state index contributed by atoms with van der Waals surface area (Å²) in [5, 5.41) is 24.5. The zero-order valence-corrected chi connectivity index (χ0v) is 21.3. The molecule has 188 valence electrons. The van der Waals surface area contributed by atoms with E-state index in [1.807, 2.05) is 24.3 Å². The van der Waals surface area contributed by atoms with E-state index in [4.69, 9.17) is 21.1 Å². The smallest absolute Gasteiger partial charge is 0.210 e. The maximum atomic E-state index is 14.0. The molecule has 8 atom stereocenters. The summed E-state index contributed by atoms with van der Waals surface area (Å²) in [6.45, 7) is 9.16. The number of aliphatic hydroxyl groups is 2. The second kappa shape index (κ2) is 7.75. The van der Waals surface area contributed by atoms with Crippen LogP contribution >= 0.6 is 11.6 Å². The molecule has 1 aromatic carbocycles. The number of hydrogen-bond donors (Lipinski definition) is 2. The molecule has 2 saturated heterocycles. The van der Waals surface area contributed by atoms with E-state index in [9.17, 15) is 15.0 Å². The van der Waals surface area contributed by atoms with Crippen LogP contribution in [0.2, 0.25) is 5.02 Å². The second-order valence-electron chi connectivity index (χ2n) is 12.1. The molecule has 35 heavy (non-hydrogen) atoms. The van der Waals surface area contributed by atoms with Crippen LogP contribution < -0.4 is 0 Å². The van der Waals surface area contributed by atoms with E-state index in [-0.39, 0.29) is 29.0 Å². The van der Waals surface area contributed by atoms with Crippen LogP contribution in [0, 0.1) is 34.0 Å². The van der Waals surface area contributed by atoms with Crippen molar-refractivity contribution in [2.45, 2.75) is 63.9 Å². The van der Waals surface area contributed by atoms with Crippen molar-refractivity contribution in [1.29, 1.82) is 0 Å². The number of hydrogen-bond acceptors (Lipinski definition) is 5. The first-order chi connectivity index (χ1) is 16.6. The van der Waals surface area contributed by atoms with Gasteiger partial charge < -0.3 is 19.7 Å². The lowest BCUT2D eigenvalue weighted by molar-refractivity contribution is -0.447. The first kappa shape index (κ1) is 23.9. The Bertz CT molecular complexity index is 1090. The van der Waals surface area contributed by atoms with E-state index in [1.165, 1.54) is 0 Å². The average molecular weight is 499 g/mol. The number of benzene rings is 1. The normalized spacial score (nSPS) is 44.9. The quantitative estimate of drug-likeness (QED) is 0.355. The summed E-state index contributed by atoms with van der Waals surface area (Å²) in [4.78, 5) is 14.0. The number of halogens is 1. The van der Waals surface area contributed by atoms with Crippen LogP contribution in [0.5, 0.6) is 0 Å². The van der Waals surface area contributed by atoms with Gasteiger partial charge in [0.1, 0.15) is 11.5 Å². The molecule has 3 saturated carbocycles. The molecule has 5 nitrogen and oxygen atoms in total. The molecule has 2 heterocycles. The largest absolute Gasteiger partial charge is 0.391 e. The van der Waals surface area contributed by atoms with E-state index in [0.29, 0.717) is 30.2 Å². The summed E-state index contributed by atoms with van der Waals surface area (Å²) < 4.78 is 13.1. The fraction of sp³-hybridized carbons (Fsp3) is 0.621. The van der Waals surface area contributed by atoms with Gasteiger partial charge in [0.25, 0.3) is 0 Å². The van der Waals surface area contributed by atoms with Crippen molar-refractivity contribution in [2.24, 2.45) is 34.0 Å². The number of ether oxygens (including phenoxy) is 2. The fourth-order valence-corrected chi connectivity index (χ4v) is 8.90. The number of aryl methyl sites for hydroxylation is 1. The lowest BCUT2D eigenvalue weighted by Crippen LogP contribution is -2.83. The van der Waals surface area contributed by atoms with Crippen LogP contribution in [0.25, 0.3) is 0 Å². The van der Waals surface area contributed by atoms with Gasteiger partial charge in [-0.1, -0.05) is 56.3 Å². The maximum Gasteiger partial charge on any atom is 0.210 e. The molecule has 7 rings (SSSR count). The molecule has 0 unspecified atom stereocenters. The minimum absolute atomic E-state index is 0.133. The SMILES string of the molecule is C=C1C(=O)[C@]23[C@H](O)[C@H]1CC[C@H]2[C@]12C=CCC(C)(C)[C@H]1[C@H](O)[C@@]3(OCCCc1ccc(Cl)cc1)OC2. The molecule has 2 aliphatic heterocycles. The van der Waals surface area contributed by atoms with Gasteiger partial charge in [0.15, 0.2) is 5.78 Å². The molecule has 5 fully saturated rings. The Morgan fingerprint density at radius 3 is 2.66 bits per heavy atom. The van der Waals surface area contributed by atoms with Gasteiger partial charge in [-0.3, -0.25) is 4.79 Å². The Kier molecular flexibility index (Phi) is 5.29. The number of rotatable bonds is 5. The van der Waals surface area contributed by atoms with Gasteiger partial charge in [-0.05, 0) is 66.7 Å². The number of fused-ring (bicyclic) bond motifs is 2. The van der Waals surface area contributed by atoms with Crippen molar-refractivity contribution in [2.75, 3.05) is 13.2 Å². The summed E-state index contributed by atoms with van der Waals surface area (Å²) in [5.41, 5.74) is -0.445. The summed E-state index contributed by atoms with van der Waals surface area (Å²) in [6.07, 6.45) is 6.17. The molecule has 1 aromatic rings. The monoisotopic (exact) mass is 498 g/mol. The minimum Gasteiger partial charge on any atom is -0.391 e. The maximum absolute atomic E-state index is 14.0. The highest BCUT2D eigenvalue weighted by Gasteiger charge is 2.86. The number of allylic oxidation sites excluding steroid dienone is 1. The van der Waals surface area contributed by atoms with Gasteiger partial charge in [-0.25, -0.2) is 0 Å². The topological polar surface area (TPSA) is 76.0 Å². The van der Waals surface area contributed by atoms with Gasteiger partial charge >= 0.3 is 0 Å². The molecule has 4 aliphatic carbocycles. The molecule has 0 radical (unpaired) electrons. The van der Waals surface area contributed by atoms with Crippen LogP contribution in [0.1, 0.15) is 45.1 Å². The lowest BCUT2D eigenvalue weighted by Gasteiger charge is -2.73. The summed E-state index contributed by atoms with van der Waals surface area (Å²) in [6, 6.07) is 7.73. The summed E-state index contributed by atoms with van der Waals surface area (Å²) in [5.74, 6) is -2.36. The third-order valence-corrected chi connectivity index (χ3v) is 10.3. The van der Waals surface area contributed by atoms with Crippen molar-refractivity contribution in [3.63, 3.8) is 0 Å². The van der Waals surface area contributed by atoms with Crippen LogP contribution in [-0.2, 0) is 20.7 Å². The van der Waals surface area contributed by atoms with Gasteiger partial charge in [-0.15, -0.1) is 0 Å². The number of ketones is 1. The molecule has 0 amide bonds. The van der Waals surface area contributed by atoms with Crippen molar-refractivity contribution in [3.05, 3.63) is 59.2 Å². The highest BCUT2D eigenvalue weighted by Crippen LogP contribution is 2.76. The third kappa shape index (κ3) is 2.82. The summed E-state index contributed by atoms with van der Waals surface area (Å²) >= 11 is 6.01. The van der Waals surface area contributed by atoms with Crippen molar-refractivity contribution in [3.8, 4) is 0 Å². The Labute approximate surface area is 212 Å². The molecule has 6 aliphatic rings. The van der Waals surface area contributed by atoms with Crippen molar-refractivity contribution < 1.29 is 24.5 Å². The van der Waals surface area contributed by atoms with Crippen molar-refractivity contribution in [1.82, 2.24) is 0 Å². The Morgan fingerprint density at radius 2 is 1.91 bits per heavy atom. The van der Waals surface area contributed by atoms with Gasteiger partial charge in [0.2, 0.25) is 5.79 Å². The predicted molar refractivity (Wildman–Crippen MR) is 133 cm³/mol. The minimum atomic E-state index is -1.58. The molecule has 0 aromatic heterocycles. The highest BCUT2D eigenvalue weighted by molar-refractivity contribution is 6.30. The number of carbonyl (C=O) groups is 1. The van der Waals surface area contributed by atoms with E-state index < -0.39 is 28.8 Å². The van der Waals surface area contributed by atoms with Gasteiger partial charge in [-0.2, -0.15) is 0 Å². The number of Topliss-reactive ketones (excluding diaryl/α,β-unsaturated/α-hetero) is 1. The molecule has 2 spiro atoms. The van der Waals surface area contributed by atoms with E-state index in [1.54, 1.807) is 0 Å². The molecular weight excluding hydrogens is 464 g/mol. The Balaban J connectivity index is 1.40. The van der Waals surface area contributed by atoms with Crippen LogP contribution in [0.15, 0.2) is 48.6 Å². The molecular formula is C29H35ClO5. The molecule has 6 heteroatoms. The Morgan fingerprint density at radius 1 is 1.17 bits per heavy atom. The highest BCUT2D eigenvalue weighted by atomic mass is 35.5. The first-order valence-electron chi connectivity index (χ1n) is 12.9. The second-order valence-corrected chi connectivity index (χ2v) is 12.5. The van der Waals surface area contributed by atoms with Crippen molar-refractivity contribution >= 4 is 17.4 Å². The van der Waals surface area contributed by atoms with Crippen LogP contribution in [0.4, 0.5) is 0 Å². The van der Waals surface area contributed by atoms with E-state index in [0.717, 1.165) is 31.2 Å². The average Bonchev–Trinajstić information content (AvgIpc) is 2.92. The van der Waals surface area contributed by atoms with Crippen LogP contribution in [-0.4, -0.2) is 47.2 Å². The molecule has 4 bridgehead atoms. The zero-order chi connectivity index (χ0) is 24.8. The summed E-state index contributed by atoms with van der Waals surface area (Å²) in [7, 11) is 0. The van der Waals surface area contributed by atoms with E-state index in [2.05, 4.69) is 32.6 Å². The van der Waals surface area contributed by atoms with Crippen LogP contribution in [0.3, 0.4) is 0 Å². The lowest BCUT2D eigenvalue weighted by atomic mass is 9.37. The number of carbonyl (C=O) groups excluding carboxylic acids is 1. The van der Waals surface area contributed by atoms with Gasteiger partial charge in [0, 0.05) is 22.3 Å². The van der Waals surface area contributed by atoms with Gasteiger partial charge in [0.05, 0.1) is 19.3 Å². The first-order valence-corrected chi connectivity index (χ1v) is 13.3. The fourth-order valence-electron chi connectivity index (χ4n) is 8.78. The number of aliphatic hydroxyl groups excluding tert-OH is 2. The van der Waals surface area contributed by atoms with E-state index >= 15 is 0 Å². The Hall–Kier alpha value is -1.50. The molecule has 2 N–H and O–H groups in total. The predicted octanol–water partition coefficient (Wildman–Crippen LogP) is 4.49.